The number of aliphatic hydroxyl groups is 5. The molecule has 0 bridgehead atoms. The standard InChI is InChI=1S/C11H16N2O8/c14-2-5(16)4-1-13(11(20)12-9(4)19)10-8(18)7(17)6(3-15)21-10/h1,5-8,10,14-18H,2-3H2,(H,12,19,20)/t5?,6-,7-,8-,10-/m1/s1. The van der Waals surface area contributed by atoms with Crippen LogP contribution in [0.4, 0.5) is 0 Å². The lowest BCUT2D eigenvalue weighted by atomic mass is 10.1. The van der Waals surface area contributed by atoms with Gasteiger partial charge in [0.2, 0.25) is 0 Å². The summed E-state index contributed by atoms with van der Waals surface area (Å²) in [5, 5.41) is 46.9. The molecule has 6 N–H and O–H groups in total. The second-order valence-corrected chi connectivity index (χ2v) is 4.68. The maximum absolute atomic E-state index is 11.8. The first-order valence-corrected chi connectivity index (χ1v) is 6.17. The quantitative estimate of drug-likeness (QED) is 0.329. The minimum Gasteiger partial charge on any atom is -0.394 e. The topological polar surface area (TPSA) is 165 Å². The van der Waals surface area contributed by atoms with Crippen molar-refractivity contribution in [2.45, 2.75) is 30.6 Å². The summed E-state index contributed by atoms with van der Waals surface area (Å²) in [5.74, 6) is 0. The molecule has 0 saturated carbocycles. The fourth-order valence-electron chi connectivity index (χ4n) is 2.14. The van der Waals surface area contributed by atoms with Gasteiger partial charge in [-0.2, -0.15) is 0 Å². The molecule has 0 amide bonds. The molecule has 1 aromatic rings. The van der Waals surface area contributed by atoms with Crippen LogP contribution >= 0.6 is 0 Å². The Labute approximate surface area is 117 Å². The second-order valence-electron chi connectivity index (χ2n) is 4.68. The van der Waals surface area contributed by atoms with Crippen molar-refractivity contribution in [3.63, 3.8) is 0 Å². The summed E-state index contributed by atoms with van der Waals surface area (Å²) in [6.45, 7) is -1.31. The zero-order chi connectivity index (χ0) is 15.7. The first-order chi connectivity index (χ1) is 9.90. The van der Waals surface area contributed by atoms with E-state index in [1.165, 1.54) is 0 Å². The van der Waals surface area contributed by atoms with Gasteiger partial charge in [-0.1, -0.05) is 0 Å². The van der Waals surface area contributed by atoms with Crippen LogP contribution < -0.4 is 11.2 Å². The molecule has 5 atom stereocenters. The average Bonchev–Trinajstić information content (AvgIpc) is 2.74. The van der Waals surface area contributed by atoms with E-state index in [9.17, 15) is 24.9 Å². The van der Waals surface area contributed by atoms with Crippen molar-refractivity contribution in [1.29, 1.82) is 0 Å². The van der Waals surface area contributed by atoms with E-state index in [0.717, 1.165) is 10.8 Å². The van der Waals surface area contributed by atoms with Gasteiger partial charge in [0.25, 0.3) is 5.56 Å². The maximum Gasteiger partial charge on any atom is 0.330 e. The van der Waals surface area contributed by atoms with Gasteiger partial charge in [0, 0.05) is 6.20 Å². The van der Waals surface area contributed by atoms with E-state index in [0.29, 0.717) is 0 Å². The molecule has 2 rings (SSSR count). The highest BCUT2D eigenvalue weighted by Crippen LogP contribution is 2.28. The molecule has 2 heterocycles. The van der Waals surface area contributed by atoms with Gasteiger partial charge in [-0.3, -0.25) is 14.3 Å². The normalized spacial score (nSPS) is 30.5. The highest BCUT2D eigenvalue weighted by molar-refractivity contribution is 5.09. The van der Waals surface area contributed by atoms with Crippen molar-refractivity contribution in [2.75, 3.05) is 13.2 Å². The van der Waals surface area contributed by atoms with Gasteiger partial charge in [0.05, 0.1) is 18.8 Å². The van der Waals surface area contributed by atoms with Crippen molar-refractivity contribution < 1.29 is 30.3 Å². The van der Waals surface area contributed by atoms with E-state index in [1.54, 1.807) is 0 Å². The zero-order valence-corrected chi connectivity index (χ0v) is 10.8. The third-order valence-electron chi connectivity index (χ3n) is 3.32. The molecule has 1 unspecified atom stereocenters. The van der Waals surface area contributed by atoms with E-state index >= 15 is 0 Å². The van der Waals surface area contributed by atoms with Gasteiger partial charge in [-0.25, -0.2) is 4.79 Å². The molecule has 1 aliphatic rings. The maximum atomic E-state index is 11.8. The Morgan fingerprint density at radius 3 is 2.48 bits per heavy atom. The van der Waals surface area contributed by atoms with Gasteiger partial charge < -0.3 is 30.3 Å². The Balaban J connectivity index is 2.45. The monoisotopic (exact) mass is 304 g/mol. The van der Waals surface area contributed by atoms with Crippen LogP contribution in [0.15, 0.2) is 15.8 Å². The van der Waals surface area contributed by atoms with Gasteiger partial charge >= 0.3 is 5.69 Å². The molecule has 0 aromatic carbocycles. The molecule has 1 aliphatic heterocycles. The number of H-pyrrole nitrogens is 1. The second kappa shape index (κ2) is 6.05. The molecule has 1 saturated heterocycles. The third-order valence-corrected chi connectivity index (χ3v) is 3.32. The number of hydrogen-bond donors (Lipinski definition) is 6. The molecule has 0 spiro atoms. The van der Waals surface area contributed by atoms with Crippen LogP contribution in [0, 0.1) is 0 Å². The predicted molar refractivity (Wildman–Crippen MR) is 66.4 cm³/mol. The van der Waals surface area contributed by atoms with E-state index < -0.39 is 55.1 Å². The number of aromatic amines is 1. The molecule has 1 fully saturated rings. The summed E-state index contributed by atoms with van der Waals surface area (Å²) in [5.41, 5.74) is -2.11. The van der Waals surface area contributed by atoms with Crippen LogP contribution in [0.25, 0.3) is 0 Å². The lowest BCUT2D eigenvalue weighted by molar-refractivity contribution is -0.0554. The van der Waals surface area contributed by atoms with Crippen molar-refractivity contribution in [1.82, 2.24) is 9.55 Å². The summed E-state index contributed by atoms with van der Waals surface area (Å²) in [4.78, 5) is 25.2. The molecular weight excluding hydrogens is 288 g/mol. The zero-order valence-electron chi connectivity index (χ0n) is 10.8. The Morgan fingerprint density at radius 2 is 1.95 bits per heavy atom. The van der Waals surface area contributed by atoms with Crippen LogP contribution in [-0.2, 0) is 4.74 Å². The van der Waals surface area contributed by atoms with E-state index in [4.69, 9.17) is 14.9 Å². The highest BCUT2D eigenvalue weighted by atomic mass is 16.6. The van der Waals surface area contributed by atoms with Crippen molar-refractivity contribution in [2.24, 2.45) is 0 Å². The largest absolute Gasteiger partial charge is 0.394 e. The minimum atomic E-state index is -1.52. The number of rotatable bonds is 4. The number of nitrogens with zero attached hydrogens (tertiary/aromatic N) is 1. The van der Waals surface area contributed by atoms with Crippen molar-refractivity contribution in [3.8, 4) is 0 Å². The van der Waals surface area contributed by atoms with Crippen molar-refractivity contribution >= 4 is 0 Å². The molecule has 0 aliphatic carbocycles. The molecule has 1 aromatic heterocycles. The van der Waals surface area contributed by atoms with Gasteiger partial charge in [0.15, 0.2) is 6.23 Å². The van der Waals surface area contributed by atoms with Crippen LogP contribution in [0.3, 0.4) is 0 Å². The Morgan fingerprint density at radius 1 is 1.29 bits per heavy atom. The van der Waals surface area contributed by atoms with Gasteiger partial charge in [0.1, 0.15) is 24.4 Å². The average molecular weight is 304 g/mol. The number of aliphatic hydroxyl groups excluding tert-OH is 5. The van der Waals surface area contributed by atoms with Crippen LogP contribution in [0.1, 0.15) is 17.9 Å². The Hall–Kier alpha value is -1.56. The first-order valence-electron chi connectivity index (χ1n) is 6.17. The Bertz CT molecular complexity index is 611. The molecule has 10 heteroatoms. The highest BCUT2D eigenvalue weighted by Gasteiger charge is 2.43. The number of nitrogens with one attached hydrogen (secondary N) is 1. The summed E-state index contributed by atoms with van der Waals surface area (Å²) >= 11 is 0. The molecule has 21 heavy (non-hydrogen) atoms. The van der Waals surface area contributed by atoms with E-state index in [-0.39, 0.29) is 5.56 Å². The van der Waals surface area contributed by atoms with Crippen LogP contribution in [0.2, 0.25) is 0 Å². The van der Waals surface area contributed by atoms with Crippen molar-refractivity contribution in [3.05, 3.63) is 32.6 Å². The summed E-state index contributed by atoms with van der Waals surface area (Å²) < 4.78 is 5.93. The molecule has 118 valence electrons. The lowest BCUT2D eigenvalue weighted by Gasteiger charge is -2.18. The third kappa shape index (κ3) is 2.77. The van der Waals surface area contributed by atoms with E-state index in [2.05, 4.69) is 0 Å². The predicted octanol–water partition coefficient (Wildman–Crippen LogP) is -3.83. The fraction of sp³-hybridized carbons (Fsp3) is 0.636. The number of ether oxygens (including phenoxy) is 1. The summed E-state index contributed by atoms with van der Waals surface area (Å²) in [6, 6.07) is 0. The molecular formula is C11H16N2O8. The summed E-state index contributed by atoms with van der Waals surface area (Å²) in [6.07, 6.45) is -5.93. The number of hydrogen-bond acceptors (Lipinski definition) is 8. The van der Waals surface area contributed by atoms with Gasteiger partial charge in [-0.15, -0.1) is 0 Å². The number of aromatic nitrogens is 2. The van der Waals surface area contributed by atoms with Gasteiger partial charge in [-0.05, 0) is 0 Å². The minimum absolute atomic E-state index is 0.296. The van der Waals surface area contributed by atoms with Crippen LogP contribution in [0.5, 0.6) is 0 Å². The lowest BCUT2D eigenvalue weighted by Crippen LogP contribution is -2.39. The smallest absolute Gasteiger partial charge is 0.330 e. The summed E-state index contributed by atoms with van der Waals surface area (Å²) in [7, 11) is 0. The van der Waals surface area contributed by atoms with Crippen LogP contribution in [-0.4, -0.2) is 66.6 Å². The molecule has 10 nitrogen and oxygen atoms in total. The Kier molecular flexibility index (Phi) is 4.56. The fourth-order valence-corrected chi connectivity index (χ4v) is 2.14. The molecule has 0 radical (unpaired) electrons. The SMILES string of the molecule is O=c1[nH]c(=O)n([C@@H]2O[C@H](CO)[C@@H](O)[C@H]2O)cc1C(O)CO. The van der Waals surface area contributed by atoms with E-state index in [1.807, 2.05) is 4.98 Å². The first kappa shape index (κ1) is 15.8.